The molecule has 122 valence electrons. The molecule has 8 heteroatoms. The molecular formula is C16H14ClN5OS. The number of hydrogen-bond donors (Lipinski definition) is 0. The van der Waals surface area contributed by atoms with Crippen LogP contribution < -0.4 is 0 Å². The second-order valence-electron chi connectivity index (χ2n) is 5.53. The maximum atomic E-state index is 12.5. The quantitative estimate of drug-likeness (QED) is 0.721. The Labute approximate surface area is 147 Å². The van der Waals surface area contributed by atoms with Crippen LogP contribution in [0, 0.1) is 0 Å². The second kappa shape index (κ2) is 6.33. The number of halogens is 1. The van der Waals surface area contributed by atoms with Crippen LogP contribution in [0.5, 0.6) is 0 Å². The summed E-state index contributed by atoms with van der Waals surface area (Å²) >= 11 is 7.37. The molecule has 0 atom stereocenters. The van der Waals surface area contributed by atoms with Crippen molar-refractivity contribution in [2.24, 2.45) is 0 Å². The molecule has 0 N–H and O–H groups in total. The number of amides is 1. The molecule has 0 fully saturated rings. The summed E-state index contributed by atoms with van der Waals surface area (Å²) in [6, 6.07) is 7.56. The Kier molecular flexibility index (Phi) is 4.03. The number of aromatic nitrogens is 4. The van der Waals surface area contributed by atoms with Crippen LogP contribution in [0.15, 0.2) is 36.7 Å². The number of carbonyl (C=O) groups excluding carboxylic acids is 1. The van der Waals surface area contributed by atoms with Crippen molar-refractivity contribution in [3.8, 4) is 11.4 Å². The minimum atomic E-state index is 0.0886. The third-order valence-corrected chi connectivity index (χ3v) is 5.21. The van der Waals surface area contributed by atoms with Crippen LogP contribution in [0.3, 0.4) is 0 Å². The SMILES string of the molecule is O=C(Cc1ccc(Cl)s1)N1CCn2c(nnc2-c2cccnc2)C1. The molecule has 0 saturated heterocycles. The van der Waals surface area contributed by atoms with Crippen LogP contribution >= 0.6 is 22.9 Å². The summed E-state index contributed by atoms with van der Waals surface area (Å²) in [6.07, 6.45) is 3.88. The average molecular weight is 360 g/mol. The van der Waals surface area contributed by atoms with Gasteiger partial charge in [-0.2, -0.15) is 0 Å². The molecule has 0 spiro atoms. The highest BCUT2D eigenvalue weighted by atomic mass is 35.5. The van der Waals surface area contributed by atoms with E-state index in [2.05, 4.69) is 19.7 Å². The Morgan fingerprint density at radius 3 is 2.92 bits per heavy atom. The molecule has 24 heavy (non-hydrogen) atoms. The topological polar surface area (TPSA) is 63.9 Å². The largest absolute Gasteiger partial charge is 0.333 e. The van der Waals surface area contributed by atoms with Crippen molar-refractivity contribution >= 4 is 28.8 Å². The van der Waals surface area contributed by atoms with Gasteiger partial charge in [-0.05, 0) is 24.3 Å². The molecule has 0 aromatic carbocycles. The summed E-state index contributed by atoms with van der Waals surface area (Å²) in [5.41, 5.74) is 0.934. The zero-order valence-corrected chi connectivity index (χ0v) is 14.3. The van der Waals surface area contributed by atoms with Gasteiger partial charge in [0.1, 0.15) is 0 Å². The normalized spacial score (nSPS) is 13.8. The lowest BCUT2D eigenvalue weighted by molar-refractivity contribution is -0.131. The molecule has 4 rings (SSSR count). The number of pyridine rings is 1. The van der Waals surface area contributed by atoms with Gasteiger partial charge < -0.3 is 9.47 Å². The fourth-order valence-electron chi connectivity index (χ4n) is 2.79. The van der Waals surface area contributed by atoms with Crippen molar-refractivity contribution in [2.45, 2.75) is 19.5 Å². The van der Waals surface area contributed by atoms with E-state index in [1.54, 1.807) is 12.4 Å². The molecule has 1 aliphatic heterocycles. The van der Waals surface area contributed by atoms with Crippen LogP contribution in [0.4, 0.5) is 0 Å². The molecule has 0 radical (unpaired) electrons. The zero-order valence-electron chi connectivity index (χ0n) is 12.7. The highest BCUT2D eigenvalue weighted by Gasteiger charge is 2.25. The van der Waals surface area contributed by atoms with Gasteiger partial charge in [0.2, 0.25) is 5.91 Å². The number of carbonyl (C=O) groups is 1. The smallest absolute Gasteiger partial charge is 0.228 e. The van der Waals surface area contributed by atoms with Crippen LogP contribution in [0.2, 0.25) is 4.34 Å². The van der Waals surface area contributed by atoms with Gasteiger partial charge >= 0.3 is 0 Å². The van der Waals surface area contributed by atoms with Crippen LogP contribution in [0.25, 0.3) is 11.4 Å². The van der Waals surface area contributed by atoms with Crippen molar-refractivity contribution < 1.29 is 4.79 Å². The van der Waals surface area contributed by atoms with Crippen LogP contribution in [0.1, 0.15) is 10.7 Å². The first-order valence-corrected chi connectivity index (χ1v) is 8.74. The van der Waals surface area contributed by atoms with Crippen LogP contribution in [-0.2, 0) is 24.3 Å². The van der Waals surface area contributed by atoms with E-state index in [0.717, 1.165) is 22.1 Å². The van der Waals surface area contributed by atoms with E-state index in [-0.39, 0.29) is 5.91 Å². The molecule has 3 aromatic rings. The zero-order chi connectivity index (χ0) is 16.5. The number of rotatable bonds is 3. The highest BCUT2D eigenvalue weighted by Crippen LogP contribution is 2.24. The first-order chi connectivity index (χ1) is 11.7. The predicted molar refractivity (Wildman–Crippen MR) is 91.7 cm³/mol. The van der Waals surface area contributed by atoms with Gasteiger partial charge in [0.25, 0.3) is 0 Å². The Hall–Kier alpha value is -2.25. The fraction of sp³-hybridized carbons (Fsp3) is 0.250. The van der Waals surface area contributed by atoms with Gasteiger partial charge in [-0.15, -0.1) is 21.5 Å². The summed E-state index contributed by atoms with van der Waals surface area (Å²) in [6.45, 7) is 1.81. The molecule has 0 unspecified atom stereocenters. The summed E-state index contributed by atoms with van der Waals surface area (Å²) in [7, 11) is 0. The first kappa shape index (κ1) is 15.3. The Bertz CT molecular complexity index is 876. The summed E-state index contributed by atoms with van der Waals surface area (Å²) < 4.78 is 2.76. The molecule has 1 aliphatic rings. The Morgan fingerprint density at radius 2 is 2.17 bits per heavy atom. The Morgan fingerprint density at radius 1 is 1.25 bits per heavy atom. The van der Waals surface area contributed by atoms with Gasteiger partial charge in [-0.1, -0.05) is 11.6 Å². The maximum Gasteiger partial charge on any atom is 0.228 e. The van der Waals surface area contributed by atoms with Gasteiger partial charge in [-0.25, -0.2) is 0 Å². The van der Waals surface area contributed by atoms with Gasteiger partial charge in [0.15, 0.2) is 11.6 Å². The maximum absolute atomic E-state index is 12.5. The van der Waals surface area contributed by atoms with E-state index < -0.39 is 0 Å². The number of nitrogens with zero attached hydrogens (tertiary/aromatic N) is 5. The molecular weight excluding hydrogens is 346 g/mol. The highest BCUT2D eigenvalue weighted by molar-refractivity contribution is 7.16. The lowest BCUT2D eigenvalue weighted by atomic mass is 10.2. The molecule has 1 amide bonds. The third-order valence-electron chi connectivity index (χ3n) is 3.98. The molecule has 0 saturated carbocycles. The number of fused-ring (bicyclic) bond motifs is 1. The molecule has 0 aliphatic carbocycles. The van der Waals surface area contributed by atoms with E-state index in [4.69, 9.17) is 11.6 Å². The van der Waals surface area contributed by atoms with Gasteiger partial charge in [0, 0.05) is 35.9 Å². The third kappa shape index (κ3) is 2.92. The lowest BCUT2D eigenvalue weighted by Crippen LogP contribution is -2.39. The van der Waals surface area contributed by atoms with E-state index >= 15 is 0 Å². The van der Waals surface area contributed by atoms with Crippen LogP contribution in [-0.4, -0.2) is 37.1 Å². The fourth-order valence-corrected chi connectivity index (χ4v) is 3.87. The van der Waals surface area contributed by atoms with Crippen molar-refractivity contribution in [2.75, 3.05) is 6.54 Å². The first-order valence-electron chi connectivity index (χ1n) is 7.55. The van der Waals surface area contributed by atoms with Crippen molar-refractivity contribution in [1.29, 1.82) is 0 Å². The average Bonchev–Trinajstić information content (AvgIpc) is 3.21. The van der Waals surface area contributed by atoms with Gasteiger partial charge in [0.05, 0.1) is 17.3 Å². The minimum absolute atomic E-state index is 0.0886. The van der Waals surface area contributed by atoms with Crippen molar-refractivity contribution in [3.63, 3.8) is 0 Å². The van der Waals surface area contributed by atoms with E-state index in [1.807, 2.05) is 29.2 Å². The van der Waals surface area contributed by atoms with Crippen molar-refractivity contribution in [3.05, 3.63) is 51.7 Å². The lowest BCUT2D eigenvalue weighted by Gasteiger charge is -2.27. The van der Waals surface area contributed by atoms with E-state index in [1.165, 1.54) is 11.3 Å². The monoisotopic (exact) mass is 359 g/mol. The Balaban J connectivity index is 1.50. The summed E-state index contributed by atoms with van der Waals surface area (Å²) in [5, 5.41) is 8.52. The van der Waals surface area contributed by atoms with E-state index in [9.17, 15) is 4.79 Å². The number of thiophene rings is 1. The summed E-state index contributed by atoms with van der Waals surface area (Å²) in [4.78, 5) is 19.4. The minimum Gasteiger partial charge on any atom is -0.333 e. The standard InChI is InChI=1S/C16H14ClN5OS/c17-13-4-3-12(24-13)8-15(23)21-6-7-22-14(10-21)19-20-16(22)11-2-1-5-18-9-11/h1-5,9H,6-8,10H2. The summed E-state index contributed by atoms with van der Waals surface area (Å²) in [5.74, 6) is 1.69. The van der Waals surface area contributed by atoms with Gasteiger partial charge in [-0.3, -0.25) is 9.78 Å². The number of hydrogen-bond acceptors (Lipinski definition) is 5. The second-order valence-corrected chi connectivity index (χ2v) is 7.33. The molecule has 0 bridgehead atoms. The van der Waals surface area contributed by atoms with Crippen molar-refractivity contribution in [1.82, 2.24) is 24.6 Å². The predicted octanol–water partition coefficient (Wildman–Crippen LogP) is 2.64. The molecule has 3 aromatic heterocycles. The van der Waals surface area contributed by atoms with E-state index in [0.29, 0.717) is 30.4 Å². The molecule has 6 nitrogen and oxygen atoms in total. The molecule has 4 heterocycles.